The zero-order valence-electron chi connectivity index (χ0n) is 14.1. The van der Waals surface area contributed by atoms with Crippen LogP contribution in [0.15, 0.2) is 36.5 Å². The van der Waals surface area contributed by atoms with Gasteiger partial charge in [0, 0.05) is 35.4 Å². The Morgan fingerprint density at radius 3 is 2.39 bits per heavy atom. The van der Waals surface area contributed by atoms with Gasteiger partial charge < -0.3 is 0 Å². The van der Waals surface area contributed by atoms with Crippen molar-refractivity contribution < 1.29 is 4.79 Å². The van der Waals surface area contributed by atoms with E-state index in [-0.39, 0.29) is 4.87 Å². The van der Waals surface area contributed by atoms with Crippen molar-refractivity contribution in [3.8, 4) is 0 Å². The molecule has 5 heteroatoms. The Bertz CT molecular complexity index is 660. The van der Waals surface area contributed by atoms with E-state index >= 15 is 0 Å². The molecule has 1 fully saturated rings. The number of rotatable bonds is 2. The van der Waals surface area contributed by atoms with Gasteiger partial charge >= 0.3 is 0 Å². The Balaban J connectivity index is 0.000000203. The molecule has 0 aliphatic carbocycles. The molecule has 2 aromatic rings. The summed E-state index contributed by atoms with van der Waals surface area (Å²) < 4.78 is 0. The topological polar surface area (TPSA) is 46.1 Å². The maximum absolute atomic E-state index is 11.0. The maximum atomic E-state index is 11.0. The number of hydrogen-bond donors (Lipinski definition) is 0. The minimum atomic E-state index is -0.155. The van der Waals surface area contributed by atoms with E-state index in [0.717, 1.165) is 35.7 Å². The highest BCUT2D eigenvalue weighted by molar-refractivity contribution is 8.00. The van der Waals surface area contributed by atoms with Crippen molar-refractivity contribution in [2.45, 2.75) is 25.6 Å². The van der Waals surface area contributed by atoms with Crippen LogP contribution >= 0.6 is 11.8 Å². The third kappa shape index (κ3) is 4.18. The van der Waals surface area contributed by atoms with Gasteiger partial charge in [0.25, 0.3) is 0 Å². The number of pyridine rings is 2. The van der Waals surface area contributed by atoms with Gasteiger partial charge in [0.15, 0.2) is 6.29 Å². The van der Waals surface area contributed by atoms with E-state index in [1.54, 1.807) is 12.3 Å². The van der Waals surface area contributed by atoms with Crippen LogP contribution < -0.4 is 0 Å². The van der Waals surface area contributed by atoms with Crippen molar-refractivity contribution in [3.05, 3.63) is 59.2 Å². The Labute approximate surface area is 142 Å². The highest BCUT2D eigenvalue weighted by Gasteiger charge is 2.39. The first-order valence-electron chi connectivity index (χ1n) is 7.63. The molecule has 1 aliphatic rings. The molecule has 0 aromatic carbocycles. The molecular weight excluding hydrogens is 306 g/mol. The zero-order chi connectivity index (χ0) is 16.9. The number of nitrogens with zero attached hydrogens (tertiary/aromatic N) is 3. The lowest BCUT2D eigenvalue weighted by Gasteiger charge is -2.31. The van der Waals surface area contributed by atoms with Crippen LogP contribution in [0.1, 0.15) is 34.4 Å². The van der Waals surface area contributed by atoms with E-state index in [0.29, 0.717) is 5.56 Å². The lowest BCUT2D eigenvalue weighted by atomic mass is 10.1. The second kappa shape index (κ2) is 7.70. The number of thioether (sulfide) groups is 1. The van der Waals surface area contributed by atoms with Gasteiger partial charge in [-0.25, -0.2) is 0 Å². The Morgan fingerprint density at radius 2 is 1.91 bits per heavy atom. The van der Waals surface area contributed by atoms with Crippen molar-refractivity contribution >= 4 is 18.0 Å². The van der Waals surface area contributed by atoms with Gasteiger partial charge in [0.05, 0.1) is 5.69 Å². The predicted molar refractivity (Wildman–Crippen MR) is 95.8 cm³/mol. The second-order valence-corrected chi connectivity index (χ2v) is 7.22. The van der Waals surface area contributed by atoms with Crippen LogP contribution in [0.4, 0.5) is 0 Å². The number of aldehydes is 1. The van der Waals surface area contributed by atoms with Gasteiger partial charge in [-0.05, 0) is 52.1 Å². The molecule has 2 aromatic heterocycles. The number of hydrogen-bond acceptors (Lipinski definition) is 5. The molecule has 1 unspecified atom stereocenters. The smallest absolute Gasteiger partial charge is 0.151 e. The van der Waals surface area contributed by atoms with E-state index in [1.165, 1.54) is 0 Å². The van der Waals surface area contributed by atoms with Crippen LogP contribution in [0.3, 0.4) is 0 Å². The van der Waals surface area contributed by atoms with Gasteiger partial charge in [-0.1, -0.05) is 6.07 Å². The summed E-state index contributed by atoms with van der Waals surface area (Å²) in [6.07, 6.45) is 2.64. The third-order valence-electron chi connectivity index (χ3n) is 3.97. The van der Waals surface area contributed by atoms with Crippen molar-refractivity contribution in [1.82, 2.24) is 14.9 Å². The highest BCUT2D eigenvalue weighted by atomic mass is 32.2. The molecule has 0 bridgehead atoms. The van der Waals surface area contributed by atoms with Crippen molar-refractivity contribution in [2.75, 3.05) is 19.3 Å². The zero-order valence-corrected chi connectivity index (χ0v) is 14.9. The number of aryl methyl sites for hydroxylation is 2. The average Bonchev–Trinajstić information content (AvgIpc) is 2.88. The van der Waals surface area contributed by atoms with Gasteiger partial charge in [-0.3, -0.25) is 19.7 Å². The fourth-order valence-corrected chi connectivity index (χ4v) is 3.92. The molecule has 0 saturated carbocycles. The average molecular weight is 329 g/mol. The summed E-state index contributed by atoms with van der Waals surface area (Å²) in [5.41, 5.74) is 3.75. The summed E-state index contributed by atoms with van der Waals surface area (Å²) in [6.45, 7) is 7.15. The fraction of sp³-hybridized carbons (Fsp3) is 0.389. The Kier molecular flexibility index (Phi) is 5.91. The van der Waals surface area contributed by atoms with Gasteiger partial charge in [-0.2, -0.15) is 0 Å². The first-order chi connectivity index (χ1) is 11.0. The number of carbonyl (C=O) groups is 1. The minimum absolute atomic E-state index is 0.155. The molecule has 1 saturated heterocycles. The van der Waals surface area contributed by atoms with Crippen molar-refractivity contribution in [2.24, 2.45) is 0 Å². The molecule has 4 nitrogen and oxygen atoms in total. The first-order valence-corrected chi connectivity index (χ1v) is 8.62. The molecule has 0 radical (unpaired) electrons. The summed E-state index contributed by atoms with van der Waals surface area (Å²) in [5, 5.41) is 0. The summed E-state index contributed by atoms with van der Waals surface area (Å²) in [6, 6.07) is 9.63. The normalized spacial score (nSPS) is 20.7. The molecule has 0 N–H and O–H groups in total. The van der Waals surface area contributed by atoms with Gasteiger partial charge in [0.2, 0.25) is 0 Å². The molecule has 1 atom stereocenters. The molecular formula is C18H23N3OS. The standard InChI is InChI=1S/C11H14N2OS.C7H9N/c1-11(13(2)6-7-15-11)10-9(8-14)4-3-5-12-10;1-6-4-3-5-7(2)8-6/h3-5,8H,6-7H2,1-2H3;3-5H,1-2H3. The van der Waals surface area contributed by atoms with Crippen LogP contribution in [0.5, 0.6) is 0 Å². The second-order valence-electron chi connectivity index (χ2n) is 5.73. The Morgan fingerprint density at radius 1 is 1.22 bits per heavy atom. The molecule has 0 amide bonds. The van der Waals surface area contributed by atoms with Crippen LogP contribution in [0, 0.1) is 13.8 Å². The maximum Gasteiger partial charge on any atom is 0.151 e. The monoisotopic (exact) mass is 329 g/mol. The van der Waals surface area contributed by atoms with Crippen molar-refractivity contribution in [1.29, 1.82) is 0 Å². The summed E-state index contributed by atoms with van der Waals surface area (Å²) in [4.78, 5) is 21.6. The minimum Gasteiger partial charge on any atom is -0.298 e. The van der Waals surface area contributed by atoms with Crippen LogP contribution in [0.25, 0.3) is 0 Å². The lowest BCUT2D eigenvalue weighted by Crippen LogP contribution is -2.35. The molecule has 3 heterocycles. The predicted octanol–water partition coefficient (Wildman–Crippen LogP) is 3.44. The third-order valence-corrected chi connectivity index (χ3v) is 5.42. The molecule has 122 valence electrons. The highest BCUT2D eigenvalue weighted by Crippen LogP contribution is 2.43. The van der Waals surface area contributed by atoms with E-state index in [1.807, 2.05) is 49.9 Å². The quantitative estimate of drug-likeness (QED) is 0.790. The summed E-state index contributed by atoms with van der Waals surface area (Å²) in [7, 11) is 2.07. The number of carbonyl (C=O) groups excluding carboxylic acids is 1. The number of aromatic nitrogens is 2. The SMILES string of the molecule is CN1CCSC1(C)c1ncccc1C=O.Cc1cccc(C)n1. The fourth-order valence-electron chi connectivity index (χ4n) is 2.53. The summed E-state index contributed by atoms with van der Waals surface area (Å²) in [5.74, 6) is 1.09. The lowest BCUT2D eigenvalue weighted by molar-refractivity contribution is 0.111. The first kappa shape index (κ1) is 17.6. The van der Waals surface area contributed by atoms with Crippen LogP contribution in [-0.2, 0) is 4.87 Å². The van der Waals surface area contributed by atoms with E-state index in [9.17, 15) is 4.79 Å². The van der Waals surface area contributed by atoms with Crippen LogP contribution in [-0.4, -0.2) is 40.5 Å². The Hall–Kier alpha value is -1.72. The van der Waals surface area contributed by atoms with Crippen molar-refractivity contribution in [3.63, 3.8) is 0 Å². The molecule has 1 aliphatic heterocycles. The molecule has 3 rings (SSSR count). The van der Waals surface area contributed by atoms with E-state index in [4.69, 9.17) is 0 Å². The van der Waals surface area contributed by atoms with E-state index in [2.05, 4.69) is 28.8 Å². The summed E-state index contributed by atoms with van der Waals surface area (Å²) >= 11 is 1.84. The van der Waals surface area contributed by atoms with E-state index < -0.39 is 0 Å². The molecule has 23 heavy (non-hydrogen) atoms. The van der Waals surface area contributed by atoms with Gasteiger partial charge in [-0.15, -0.1) is 11.8 Å². The molecule has 0 spiro atoms. The van der Waals surface area contributed by atoms with Gasteiger partial charge in [0.1, 0.15) is 4.87 Å². The largest absolute Gasteiger partial charge is 0.298 e. The van der Waals surface area contributed by atoms with Crippen LogP contribution in [0.2, 0.25) is 0 Å².